The zero-order valence-electron chi connectivity index (χ0n) is 16.6. The monoisotopic (exact) mass is 410 g/mol. The van der Waals surface area contributed by atoms with Crippen molar-refractivity contribution in [1.82, 2.24) is 9.55 Å². The average molecular weight is 410 g/mol. The van der Waals surface area contributed by atoms with Crippen LogP contribution in [-0.4, -0.2) is 25.5 Å². The van der Waals surface area contributed by atoms with Crippen molar-refractivity contribution in [2.45, 2.75) is 0 Å². The Bertz CT molecular complexity index is 1400. The van der Waals surface area contributed by atoms with Crippen LogP contribution in [0.4, 0.5) is 0 Å². The molecule has 2 aromatic carbocycles. The standard InChI is InChI=1S/C25H18N2O4/c1-27-14-17(11-21-24(30)23-19(29)12-18(28)13-20(23)31-21)22-16(9-10-26-25(22)27)8-7-15-5-3-2-4-6-15/h2-14,28-29H,1H3/b8-7+,21-11-. The van der Waals surface area contributed by atoms with E-state index in [1.54, 1.807) is 12.3 Å². The molecule has 0 atom stereocenters. The molecule has 0 unspecified atom stereocenters. The highest BCUT2D eigenvalue weighted by molar-refractivity contribution is 6.17. The molecule has 5 rings (SSSR count). The van der Waals surface area contributed by atoms with Gasteiger partial charge in [-0.25, -0.2) is 4.98 Å². The van der Waals surface area contributed by atoms with Gasteiger partial charge in [-0.15, -0.1) is 0 Å². The van der Waals surface area contributed by atoms with Gasteiger partial charge in [0.15, 0.2) is 5.76 Å². The van der Waals surface area contributed by atoms with Crippen molar-refractivity contribution >= 4 is 35.0 Å². The van der Waals surface area contributed by atoms with Crippen molar-refractivity contribution in [1.29, 1.82) is 0 Å². The number of aromatic hydroxyl groups is 2. The lowest BCUT2D eigenvalue weighted by molar-refractivity contribution is 0.101. The number of fused-ring (bicyclic) bond motifs is 2. The van der Waals surface area contributed by atoms with Crippen LogP contribution in [0.15, 0.2) is 66.7 Å². The van der Waals surface area contributed by atoms with Crippen LogP contribution in [-0.2, 0) is 7.05 Å². The minimum absolute atomic E-state index is 0.0478. The molecule has 0 spiro atoms. The second-order valence-corrected chi connectivity index (χ2v) is 7.32. The number of carbonyl (C=O) groups is 1. The van der Waals surface area contributed by atoms with E-state index in [0.717, 1.165) is 33.8 Å². The summed E-state index contributed by atoms with van der Waals surface area (Å²) in [5.41, 5.74) is 3.60. The third kappa shape index (κ3) is 3.24. The molecular weight excluding hydrogens is 392 g/mol. The third-order valence-corrected chi connectivity index (χ3v) is 5.20. The fourth-order valence-corrected chi connectivity index (χ4v) is 3.78. The van der Waals surface area contributed by atoms with Crippen molar-refractivity contribution in [2.24, 2.45) is 7.05 Å². The van der Waals surface area contributed by atoms with E-state index in [-0.39, 0.29) is 28.6 Å². The molecule has 0 radical (unpaired) electrons. The number of phenolic OH excluding ortho intramolecular Hbond substituents is 2. The minimum atomic E-state index is -0.435. The number of Topliss-reactive ketones (excluding diaryl/α,β-unsaturated/α-hetero) is 1. The minimum Gasteiger partial charge on any atom is -0.508 e. The number of hydrogen-bond donors (Lipinski definition) is 2. The second kappa shape index (κ2) is 7.18. The van der Waals surface area contributed by atoms with Crippen molar-refractivity contribution in [3.63, 3.8) is 0 Å². The molecule has 1 aliphatic heterocycles. The van der Waals surface area contributed by atoms with Crippen molar-refractivity contribution in [3.05, 3.63) is 88.9 Å². The number of nitrogens with zero attached hydrogens (tertiary/aromatic N) is 2. The topological polar surface area (TPSA) is 84.6 Å². The van der Waals surface area contributed by atoms with Crippen molar-refractivity contribution < 1.29 is 19.7 Å². The van der Waals surface area contributed by atoms with E-state index in [9.17, 15) is 15.0 Å². The molecular formula is C25H18N2O4. The van der Waals surface area contributed by atoms with E-state index in [1.165, 1.54) is 6.07 Å². The van der Waals surface area contributed by atoms with Gasteiger partial charge in [-0.05, 0) is 23.3 Å². The van der Waals surface area contributed by atoms with Crippen LogP contribution in [0.3, 0.4) is 0 Å². The van der Waals surface area contributed by atoms with E-state index < -0.39 is 5.78 Å². The predicted octanol–water partition coefficient (Wildman–Crippen LogP) is 4.77. The summed E-state index contributed by atoms with van der Waals surface area (Å²) in [6.07, 6.45) is 9.30. The highest BCUT2D eigenvalue weighted by Crippen LogP contribution is 2.41. The lowest BCUT2D eigenvalue weighted by Gasteiger charge is -2.01. The highest BCUT2D eigenvalue weighted by atomic mass is 16.5. The third-order valence-electron chi connectivity index (χ3n) is 5.20. The summed E-state index contributed by atoms with van der Waals surface area (Å²) < 4.78 is 7.54. The van der Waals surface area contributed by atoms with Crippen LogP contribution in [0.2, 0.25) is 0 Å². The molecule has 0 bridgehead atoms. The first kappa shape index (κ1) is 18.7. The average Bonchev–Trinajstić information content (AvgIpc) is 3.24. The maximum Gasteiger partial charge on any atom is 0.235 e. The summed E-state index contributed by atoms with van der Waals surface area (Å²) in [5.74, 6) is -0.709. The number of benzene rings is 2. The highest BCUT2D eigenvalue weighted by Gasteiger charge is 2.31. The Labute approximate surface area is 178 Å². The number of aromatic nitrogens is 2. The number of carbonyl (C=O) groups excluding carboxylic acids is 1. The Morgan fingerprint density at radius 1 is 1.03 bits per heavy atom. The van der Waals surface area contributed by atoms with E-state index in [0.29, 0.717) is 0 Å². The molecule has 1 aliphatic rings. The van der Waals surface area contributed by atoms with Gasteiger partial charge in [0.25, 0.3) is 0 Å². The molecule has 0 aliphatic carbocycles. The number of rotatable bonds is 3. The molecule has 2 N–H and O–H groups in total. The molecule has 3 heterocycles. The number of aryl methyl sites for hydroxylation is 1. The number of ether oxygens (including phenoxy) is 1. The predicted molar refractivity (Wildman–Crippen MR) is 119 cm³/mol. The summed E-state index contributed by atoms with van der Waals surface area (Å²) in [5, 5.41) is 20.6. The Morgan fingerprint density at radius 2 is 1.84 bits per heavy atom. The van der Waals surface area contributed by atoms with Crippen LogP contribution < -0.4 is 4.74 Å². The molecule has 6 nitrogen and oxygen atoms in total. The molecule has 152 valence electrons. The fourth-order valence-electron chi connectivity index (χ4n) is 3.78. The summed E-state index contributed by atoms with van der Waals surface area (Å²) in [4.78, 5) is 17.3. The number of allylic oxidation sites excluding steroid dienone is 1. The van der Waals surface area contributed by atoms with Crippen LogP contribution in [0.25, 0.3) is 29.3 Å². The normalized spacial score (nSPS) is 14.5. The number of pyridine rings is 1. The molecule has 31 heavy (non-hydrogen) atoms. The smallest absolute Gasteiger partial charge is 0.235 e. The molecule has 6 heteroatoms. The maximum atomic E-state index is 12.8. The maximum absolute atomic E-state index is 12.8. The first-order chi connectivity index (χ1) is 15.0. The largest absolute Gasteiger partial charge is 0.508 e. The van der Waals surface area contributed by atoms with Crippen molar-refractivity contribution in [3.8, 4) is 17.2 Å². The van der Waals surface area contributed by atoms with Crippen LogP contribution in [0.5, 0.6) is 17.2 Å². The molecule has 4 aromatic rings. The van der Waals surface area contributed by atoms with Gasteiger partial charge >= 0.3 is 0 Å². The number of phenols is 2. The molecule has 0 amide bonds. The number of hydrogen-bond acceptors (Lipinski definition) is 5. The van der Waals surface area contributed by atoms with Gasteiger partial charge in [0.2, 0.25) is 5.78 Å². The zero-order valence-corrected chi connectivity index (χ0v) is 16.6. The lowest BCUT2D eigenvalue weighted by atomic mass is 10.0. The van der Waals surface area contributed by atoms with Gasteiger partial charge in [0.1, 0.15) is 28.5 Å². The quantitative estimate of drug-likeness (QED) is 0.475. The first-order valence-electron chi connectivity index (χ1n) is 9.68. The van der Waals surface area contributed by atoms with Crippen LogP contribution >= 0.6 is 0 Å². The van der Waals surface area contributed by atoms with Gasteiger partial charge in [0.05, 0.1) is 0 Å². The first-order valence-corrected chi connectivity index (χ1v) is 9.68. The van der Waals surface area contributed by atoms with Crippen molar-refractivity contribution in [2.75, 3.05) is 0 Å². The molecule has 0 fully saturated rings. The van der Waals surface area contributed by atoms with E-state index >= 15 is 0 Å². The Balaban J connectivity index is 1.61. The SMILES string of the molecule is Cn1cc(/C=C2\Oc3cc(O)cc(O)c3C2=O)c2c(/C=C/c3ccccc3)ccnc21. The Morgan fingerprint density at radius 3 is 2.65 bits per heavy atom. The zero-order chi connectivity index (χ0) is 21.5. The van der Waals surface area contributed by atoms with Gasteiger partial charge in [-0.2, -0.15) is 0 Å². The molecule has 0 saturated carbocycles. The van der Waals surface area contributed by atoms with Gasteiger partial charge < -0.3 is 19.5 Å². The summed E-state index contributed by atoms with van der Waals surface area (Å²) >= 11 is 0. The summed E-state index contributed by atoms with van der Waals surface area (Å²) in [6.45, 7) is 0. The molecule has 2 aromatic heterocycles. The number of ketones is 1. The second-order valence-electron chi connectivity index (χ2n) is 7.32. The Hall–Kier alpha value is -4.32. The van der Waals surface area contributed by atoms with E-state index in [1.807, 2.05) is 66.4 Å². The van der Waals surface area contributed by atoms with Gasteiger partial charge in [-0.3, -0.25) is 4.79 Å². The summed E-state index contributed by atoms with van der Waals surface area (Å²) in [6, 6.07) is 14.3. The van der Waals surface area contributed by atoms with Crippen LogP contribution in [0.1, 0.15) is 27.0 Å². The van der Waals surface area contributed by atoms with E-state index in [2.05, 4.69) is 4.98 Å². The lowest BCUT2D eigenvalue weighted by Crippen LogP contribution is -1.98. The summed E-state index contributed by atoms with van der Waals surface area (Å²) in [7, 11) is 1.89. The Kier molecular flexibility index (Phi) is 4.33. The van der Waals surface area contributed by atoms with Gasteiger partial charge in [0, 0.05) is 42.5 Å². The van der Waals surface area contributed by atoms with Gasteiger partial charge in [-0.1, -0.05) is 42.5 Å². The fraction of sp³-hybridized carbons (Fsp3) is 0.0400. The van der Waals surface area contributed by atoms with E-state index in [4.69, 9.17) is 4.74 Å². The van der Waals surface area contributed by atoms with Crippen LogP contribution in [0, 0.1) is 0 Å². The molecule has 0 saturated heterocycles.